The van der Waals surface area contributed by atoms with Crippen LogP contribution < -0.4 is 26.0 Å². The van der Waals surface area contributed by atoms with E-state index in [1.807, 2.05) is 13.8 Å². The van der Waals surface area contributed by atoms with Crippen LogP contribution in [0.1, 0.15) is 136 Å². The van der Waals surface area contributed by atoms with Gasteiger partial charge in [-0.25, -0.2) is 4.39 Å². The van der Waals surface area contributed by atoms with Crippen molar-refractivity contribution in [2.24, 2.45) is 22.7 Å². The Kier molecular flexibility index (Phi) is 16.3. The average Bonchev–Trinajstić information content (AvgIpc) is 3.83. The second kappa shape index (κ2) is 21.4. The number of likely N-dealkylation sites (N-methyl/N-ethyl adjacent to an activating group) is 2. The molecule has 2 saturated heterocycles. The second-order valence-electron chi connectivity index (χ2n) is 22.4. The maximum Gasteiger partial charge on any atom is 0.403 e. The van der Waals surface area contributed by atoms with Gasteiger partial charge in [0.15, 0.2) is 0 Å². The average molecular weight is 1020 g/mol. The summed E-state index contributed by atoms with van der Waals surface area (Å²) in [5.74, 6) is -5.44. The van der Waals surface area contributed by atoms with E-state index in [1.165, 1.54) is 23.9 Å². The van der Waals surface area contributed by atoms with Gasteiger partial charge in [-0.2, -0.15) is 13.2 Å². The molecule has 0 aromatic heterocycles. The molecule has 7 rings (SSSR count). The van der Waals surface area contributed by atoms with Crippen molar-refractivity contribution in [1.82, 2.24) is 36.0 Å². The Labute approximate surface area is 419 Å². The van der Waals surface area contributed by atoms with Crippen molar-refractivity contribution in [2.45, 2.75) is 191 Å². The van der Waals surface area contributed by atoms with E-state index >= 15 is 4.39 Å². The van der Waals surface area contributed by atoms with Crippen molar-refractivity contribution in [1.29, 1.82) is 0 Å². The number of nitrogens with zero attached hydrogens (tertiary/aromatic N) is 3. The van der Waals surface area contributed by atoms with Crippen LogP contribution in [-0.4, -0.2) is 137 Å². The lowest BCUT2D eigenvalue weighted by molar-refractivity contribution is -0.285. The van der Waals surface area contributed by atoms with Crippen molar-refractivity contribution in [3.8, 4) is 5.75 Å². The molecule has 2 heterocycles. The molecule has 71 heavy (non-hydrogen) atoms. The van der Waals surface area contributed by atoms with E-state index in [9.17, 15) is 46.7 Å². The number of carbonyl (C=O) groups is 7. The Morgan fingerprint density at radius 1 is 0.958 bits per heavy atom. The number of likely N-dealkylation sites (tertiary alicyclic amines) is 1. The molecule has 1 aromatic carbocycles. The fourth-order valence-electron chi connectivity index (χ4n) is 11.5. The Balaban J connectivity index is 1.13. The molecular weight excluding hydrogens is 950 g/mol. The highest BCUT2D eigenvalue weighted by atomic mass is 35.5. The first kappa shape index (κ1) is 54.1. The number of hydrogen-bond donors (Lipinski definition) is 4. The molecule has 1 aromatic rings. The summed E-state index contributed by atoms with van der Waals surface area (Å²) in [4.78, 5) is 103. The largest absolute Gasteiger partial charge is 0.490 e. The third kappa shape index (κ3) is 11.9. The number of hydrogen-bond acceptors (Lipinski definition) is 8. The SMILES string of the molecule is CC(C)C[C@@H]1NC(=O)[C@@H](N(C)C(=O)[C@@H](NC(=O)[C@@H]2C[C@@H](F)CN2C(=O)C2(C(F)(F)F)CC3(CCC3)C2)C2CC2)CCCCNC(=O)C(C)(C)NC(=O)[C@H](Cc2cc(Cl)ccc2OC2CCCC2)N(C)C1=O. The van der Waals surface area contributed by atoms with Gasteiger partial charge >= 0.3 is 6.18 Å². The molecule has 6 atom stereocenters. The molecular formula is C51H72ClF4N7O8. The molecule has 15 nitrogen and oxygen atoms in total. The summed E-state index contributed by atoms with van der Waals surface area (Å²) >= 11 is 6.50. The molecule has 0 radical (unpaired) electrons. The van der Waals surface area contributed by atoms with Gasteiger partial charge in [0.1, 0.15) is 53.1 Å². The zero-order valence-electron chi connectivity index (χ0n) is 41.9. The van der Waals surface area contributed by atoms with E-state index in [4.69, 9.17) is 16.3 Å². The monoisotopic (exact) mass is 1020 g/mol. The van der Waals surface area contributed by atoms with Gasteiger partial charge in [-0.15, -0.1) is 0 Å². The van der Waals surface area contributed by atoms with Crippen molar-refractivity contribution in [3.63, 3.8) is 0 Å². The molecule has 2 aliphatic heterocycles. The summed E-state index contributed by atoms with van der Waals surface area (Å²) < 4.78 is 65.7. The molecule has 1 spiro atoms. The van der Waals surface area contributed by atoms with E-state index in [2.05, 4.69) is 21.3 Å². The van der Waals surface area contributed by atoms with Crippen LogP contribution in [0.3, 0.4) is 0 Å². The van der Waals surface area contributed by atoms with Gasteiger partial charge in [0.05, 0.1) is 12.6 Å². The molecule has 0 bridgehead atoms. The zero-order valence-corrected chi connectivity index (χ0v) is 42.6. The van der Waals surface area contributed by atoms with Crippen molar-refractivity contribution in [2.75, 3.05) is 27.2 Å². The fraction of sp³-hybridized carbons (Fsp3) is 0.745. The summed E-state index contributed by atoms with van der Waals surface area (Å²) in [6.07, 6.45) is -0.571. The van der Waals surface area contributed by atoms with Crippen LogP contribution in [-0.2, 0) is 40.0 Å². The van der Waals surface area contributed by atoms with Crippen LogP contribution in [0.2, 0.25) is 5.02 Å². The summed E-state index contributed by atoms with van der Waals surface area (Å²) in [5, 5.41) is 11.6. The molecule has 6 fully saturated rings. The summed E-state index contributed by atoms with van der Waals surface area (Å²) in [6.45, 7) is 6.30. The highest BCUT2D eigenvalue weighted by Gasteiger charge is 2.74. The predicted molar refractivity (Wildman–Crippen MR) is 255 cm³/mol. The van der Waals surface area contributed by atoms with E-state index in [0.29, 0.717) is 59.8 Å². The zero-order chi connectivity index (χ0) is 51.8. The first-order chi connectivity index (χ1) is 33.3. The van der Waals surface area contributed by atoms with Crippen LogP contribution in [0.4, 0.5) is 17.6 Å². The number of rotatable bonds is 12. The summed E-state index contributed by atoms with van der Waals surface area (Å²) in [5.41, 5.74) is -4.15. The molecule has 394 valence electrons. The minimum atomic E-state index is -4.90. The predicted octanol–water partition coefficient (Wildman–Crippen LogP) is 5.93. The van der Waals surface area contributed by atoms with Crippen molar-refractivity contribution < 1.29 is 55.9 Å². The first-order valence-electron chi connectivity index (χ1n) is 25.6. The number of carbonyl (C=O) groups excluding carboxylic acids is 7. The van der Waals surface area contributed by atoms with Gasteiger partial charge in [-0.3, -0.25) is 33.6 Å². The standard InChI is InChI=1S/C51H72ClF4N7O8/c1-29(2)22-35-44(67)62(6)37(24-31-23-32(52)17-18-39(31)71-34-12-7-8-13-34)43(66)60-48(3,4)46(69)57-21-10-9-14-36(41(64)58-35)61(5)45(68)40(30-15-16-30)59-42(65)38-25-33(53)26-63(38)47(70)50(51(54,55)56)27-49(28-50)19-11-20-49/h17-18,23,29-30,33-38,40H,7-16,19-22,24-28H2,1-6H3,(H,57,69)(H,58,64)(H,59,65)(H,60,66)/t33-,35+,36+,37+,38+,40+/m1/s1. The molecule has 0 unspecified atom stereocenters. The second-order valence-corrected chi connectivity index (χ2v) is 22.8. The number of nitrogens with one attached hydrogen (secondary N) is 4. The maximum absolute atomic E-state index is 15.1. The van der Waals surface area contributed by atoms with Gasteiger partial charge in [0.2, 0.25) is 41.4 Å². The molecule has 4 N–H and O–H groups in total. The Morgan fingerprint density at radius 3 is 2.23 bits per heavy atom. The molecule has 20 heteroatoms. The normalized spacial score (nSPS) is 27.8. The van der Waals surface area contributed by atoms with Crippen LogP contribution in [0, 0.1) is 22.7 Å². The number of amides is 7. The minimum absolute atomic E-state index is 0.0367. The lowest BCUT2D eigenvalue weighted by Crippen LogP contribution is -2.66. The minimum Gasteiger partial charge on any atom is -0.490 e. The highest BCUT2D eigenvalue weighted by molar-refractivity contribution is 6.30. The molecule has 6 aliphatic rings. The molecule has 4 saturated carbocycles. The van der Waals surface area contributed by atoms with E-state index in [1.54, 1.807) is 32.0 Å². The molecule has 7 amide bonds. The third-order valence-electron chi connectivity index (χ3n) is 16.0. The number of alkyl halides is 4. The van der Waals surface area contributed by atoms with Crippen molar-refractivity contribution >= 4 is 53.0 Å². The van der Waals surface area contributed by atoms with Crippen LogP contribution in [0.25, 0.3) is 0 Å². The Bertz CT molecular complexity index is 2190. The summed E-state index contributed by atoms with van der Waals surface area (Å²) in [7, 11) is 2.84. The van der Waals surface area contributed by atoms with Gasteiger partial charge < -0.3 is 40.7 Å². The number of benzene rings is 1. The quantitative estimate of drug-likeness (QED) is 0.186. The topological polar surface area (TPSA) is 187 Å². The van der Waals surface area contributed by atoms with E-state index in [-0.39, 0.29) is 37.8 Å². The maximum atomic E-state index is 15.1. The van der Waals surface area contributed by atoms with Crippen molar-refractivity contribution in [3.05, 3.63) is 28.8 Å². The molecule has 4 aliphatic carbocycles. The van der Waals surface area contributed by atoms with E-state index in [0.717, 1.165) is 32.1 Å². The fourth-order valence-corrected chi connectivity index (χ4v) is 11.7. The summed E-state index contributed by atoms with van der Waals surface area (Å²) in [6, 6.07) is -1.40. The van der Waals surface area contributed by atoms with Gasteiger partial charge in [-0.05, 0) is 145 Å². The number of ether oxygens (including phenoxy) is 1. The third-order valence-corrected chi connectivity index (χ3v) is 16.2. The smallest absolute Gasteiger partial charge is 0.403 e. The Hall–Kier alpha value is -4.68. The van der Waals surface area contributed by atoms with E-state index < -0.39 is 132 Å². The van der Waals surface area contributed by atoms with Crippen LogP contribution >= 0.6 is 11.6 Å². The van der Waals surface area contributed by atoms with Crippen LogP contribution in [0.5, 0.6) is 5.75 Å². The van der Waals surface area contributed by atoms with Gasteiger partial charge in [0.25, 0.3) is 0 Å². The highest BCUT2D eigenvalue weighted by Crippen LogP contribution is 2.69. The van der Waals surface area contributed by atoms with Gasteiger partial charge in [0, 0.05) is 38.5 Å². The number of halogens is 5. The van der Waals surface area contributed by atoms with Crippen LogP contribution in [0.15, 0.2) is 18.2 Å². The van der Waals surface area contributed by atoms with Gasteiger partial charge in [-0.1, -0.05) is 31.9 Å². The Morgan fingerprint density at radius 2 is 1.62 bits per heavy atom. The lowest BCUT2D eigenvalue weighted by Gasteiger charge is -2.60. The lowest BCUT2D eigenvalue weighted by atomic mass is 9.44. The first-order valence-corrected chi connectivity index (χ1v) is 25.9.